The van der Waals surface area contributed by atoms with Crippen LogP contribution in [0, 0.1) is 12.7 Å². The molecule has 0 saturated carbocycles. The topological polar surface area (TPSA) is 63.4 Å². The van der Waals surface area contributed by atoms with Gasteiger partial charge in [-0.05, 0) is 44.9 Å². The Labute approximate surface area is 127 Å². The van der Waals surface area contributed by atoms with Crippen molar-refractivity contribution in [3.63, 3.8) is 0 Å². The van der Waals surface area contributed by atoms with Crippen molar-refractivity contribution in [3.8, 4) is 0 Å². The molecule has 0 aromatic heterocycles. The van der Waals surface area contributed by atoms with Crippen molar-refractivity contribution in [2.24, 2.45) is 0 Å². The molecule has 0 bridgehead atoms. The van der Waals surface area contributed by atoms with Gasteiger partial charge in [-0.3, -0.25) is 0 Å². The molecule has 0 fully saturated rings. The third-order valence-electron chi connectivity index (χ3n) is 3.42. The SMILES string of the molecule is CCCCCN(C(C)C)S(=O)(=O)c1cc(C)c(F)c(N)c1. The highest BCUT2D eigenvalue weighted by Gasteiger charge is 2.27. The van der Waals surface area contributed by atoms with Crippen molar-refractivity contribution >= 4 is 15.7 Å². The predicted molar refractivity (Wildman–Crippen MR) is 84.1 cm³/mol. The standard InChI is InChI=1S/C15H25FN2O2S/c1-5-6-7-8-18(11(2)3)21(19,20)13-9-12(4)15(16)14(17)10-13/h9-11H,5-8,17H2,1-4H3. The number of nitrogens with zero attached hydrogens (tertiary/aromatic N) is 1. The average molecular weight is 316 g/mol. The molecule has 21 heavy (non-hydrogen) atoms. The van der Waals surface area contributed by atoms with E-state index in [4.69, 9.17) is 5.73 Å². The number of aryl methyl sites for hydroxylation is 1. The largest absolute Gasteiger partial charge is 0.396 e. The summed E-state index contributed by atoms with van der Waals surface area (Å²) in [5.41, 5.74) is 5.67. The maximum absolute atomic E-state index is 13.6. The first kappa shape index (κ1) is 17.9. The highest BCUT2D eigenvalue weighted by atomic mass is 32.2. The van der Waals surface area contributed by atoms with E-state index in [9.17, 15) is 12.8 Å². The fourth-order valence-corrected chi connectivity index (χ4v) is 4.02. The van der Waals surface area contributed by atoms with Gasteiger partial charge in [0.05, 0.1) is 10.6 Å². The Bertz CT molecular complexity index is 562. The molecule has 1 aromatic carbocycles. The molecular weight excluding hydrogens is 291 g/mol. The van der Waals surface area contributed by atoms with E-state index in [0.717, 1.165) is 19.3 Å². The number of rotatable bonds is 7. The third kappa shape index (κ3) is 4.17. The van der Waals surface area contributed by atoms with Crippen LogP contribution in [0.4, 0.5) is 10.1 Å². The Kier molecular flexibility index (Phi) is 6.16. The monoisotopic (exact) mass is 316 g/mol. The lowest BCUT2D eigenvalue weighted by molar-refractivity contribution is 0.345. The highest BCUT2D eigenvalue weighted by Crippen LogP contribution is 2.25. The van der Waals surface area contributed by atoms with Crippen molar-refractivity contribution < 1.29 is 12.8 Å². The molecule has 4 nitrogen and oxygen atoms in total. The normalized spacial score (nSPS) is 12.3. The number of hydrogen-bond acceptors (Lipinski definition) is 3. The highest BCUT2D eigenvalue weighted by molar-refractivity contribution is 7.89. The van der Waals surface area contributed by atoms with Gasteiger partial charge >= 0.3 is 0 Å². The van der Waals surface area contributed by atoms with Gasteiger partial charge in [-0.2, -0.15) is 4.31 Å². The van der Waals surface area contributed by atoms with Crippen LogP contribution in [0.2, 0.25) is 0 Å². The van der Waals surface area contributed by atoms with Crippen LogP contribution >= 0.6 is 0 Å². The molecule has 1 rings (SSSR count). The van der Waals surface area contributed by atoms with Gasteiger partial charge in [0.25, 0.3) is 0 Å². The summed E-state index contributed by atoms with van der Waals surface area (Å²) in [6.07, 6.45) is 2.81. The minimum atomic E-state index is -3.66. The van der Waals surface area contributed by atoms with E-state index in [2.05, 4.69) is 6.92 Å². The number of benzene rings is 1. The van der Waals surface area contributed by atoms with Gasteiger partial charge in [-0.15, -0.1) is 0 Å². The van der Waals surface area contributed by atoms with Gasteiger partial charge in [0.2, 0.25) is 10.0 Å². The molecule has 0 aliphatic carbocycles. The van der Waals surface area contributed by atoms with Crippen LogP contribution in [-0.4, -0.2) is 25.3 Å². The van der Waals surface area contributed by atoms with Crippen LogP contribution in [0.1, 0.15) is 45.6 Å². The Morgan fingerprint density at radius 1 is 1.29 bits per heavy atom. The summed E-state index contributed by atoms with van der Waals surface area (Å²) in [5.74, 6) is -0.559. The van der Waals surface area contributed by atoms with E-state index in [1.165, 1.54) is 23.4 Å². The Morgan fingerprint density at radius 2 is 1.90 bits per heavy atom. The zero-order chi connectivity index (χ0) is 16.2. The molecule has 0 atom stereocenters. The maximum Gasteiger partial charge on any atom is 0.243 e. The van der Waals surface area contributed by atoms with Crippen molar-refractivity contribution in [2.75, 3.05) is 12.3 Å². The summed E-state index contributed by atoms with van der Waals surface area (Å²) in [4.78, 5) is 0.0594. The summed E-state index contributed by atoms with van der Waals surface area (Å²) in [6, 6.07) is 2.39. The average Bonchev–Trinajstić information content (AvgIpc) is 2.39. The Morgan fingerprint density at radius 3 is 2.38 bits per heavy atom. The lowest BCUT2D eigenvalue weighted by Gasteiger charge is -2.26. The number of sulfonamides is 1. The van der Waals surface area contributed by atoms with Crippen LogP contribution in [0.3, 0.4) is 0 Å². The first-order valence-electron chi connectivity index (χ1n) is 7.29. The summed E-state index contributed by atoms with van der Waals surface area (Å²) in [5, 5.41) is 0. The molecule has 0 unspecified atom stereocenters. The lowest BCUT2D eigenvalue weighted by atomic mass is 10.2. The number of hydrogen-bond donors (Lipinski definition) is 1. The fourth-order valence-electron chi connectivity index (χ4n) is 2.22. The van der Waals surface area contributed by atoms with Gasteiger partial charge in [-0.25, -0.2) is 12.8 Å². The van der Waals surface area contributed by atoms with E-state index in [0.29, 0.717) is 6.54 Å². The number of anilines is 1. The van der Waals surface area contributed by atoms with Gasteiger partial charge in [0.15, 0.2) is 0 Å². The zero-order valence-electron chi connectivity index (χ0n) is 13.2. The Balaban J connectivity index is 3.17. The number of unbranched alkanes of at least 4 members (excludes halogenated alkanes) is 2. The minimum absolute atomic E-state index is 0.0594. The van der Waals surface area contributed by atoms with E-state index in [1.807, 2.05) is 13.8 Å². The second-order valence-corrected chi connectivity index (χ2v) is 7.45. The molecule has 0 aliphatic heterocycles. The van der Waals surface area contributed by atoms with Crippen LogP contribution in [0.25, 0.3) is 0 Å². The van der Waals surface area contributed by atoms with Crippen molar-refractivity contribution in [2.45, 2.75) is 57.9 Å². The first-order valence-corrected chi connectivity index (χ1v) is 8.73. The summed E-state index contributed by atoms with van der Waals surface area (Å²) >= 11 is 0. The third-order valence-corrected chi connectivity index (χ3v) is 5.47. The molecule has 0 radical (unpaired) electrons. The maximum atomic E-state index is 13.6. The lowest BCUT2D eigenvalue weighted by Crippen LogP contribution is -2.37. The molecule has 0 saturated heterocycles. The Hall–Kier alpha value is -1.14. The molecule has 0 spiro atoms. The summed E-state index contributed by atoms with van der Waals surface area (Å²) in [6.45, 7) is 7.72. The number of halogens is 1. The van der Waals surface area contributed by atoms with E-state index in [1.54, 1.807) is 0 Å². The van der Waals surface area contributed by atoms with Crippen LogP contribution in [0.15, 0.2) is 17.0 Å². The van der Waals surface area contributed by atoms with Crippen LogP contribution in [-0.2, 0) is 10.0 Å². The van der Waals surface area contributed by atoms with Crippen LogP contribution < -0.4 is 5.73 Å². The van der Waals surface area contributed by atoms with Crippen LogP contribution in [0.5, 0.6) is 0 Å². The molecule has 0 amide bonds. The van der Waals surface area contributed by atoms with Gasteiger partial charge in [0.1, 0.15) is 5.82 Å². The van der Waals surface area contributed by atoms with E-state index in [-0.39, 0.29) is 22.2 Å². The molecule has 120 valence electrons. The van der Waals surface area contributed by atoms with E-state index >= 15 is 0 Å². The molecule has 6 heteroatoms. The van der Waals surface area contributed by atoms with Gasteiger partial charge in [-0.1, -0.05) is 19.8 Å². The zero-order valence-corrected chi connectivity index (χ0v) is 14.0. The quantitative estimate of drug-likeness (QED) is 0.620. The fraction of sp³-hybridized carbons (Fsp3) is 0.600. The summed E-state index contributed by atoms with van der Waals surface area (Å²) < 4.78 is 40.5. The number of nitrogens with two attached hydrogens (primary N) is 1. The summed E-state index contributed by atoms with van der Waals surface area (Å²) in [7, 11) is -3.66. The first-order chi connectivity index (χ1) is 9.71. The second-order valence-electron chi connectivity index (χ2n) is 5.56. The molecular formula is C15H25FN2O2S. The van der Waals surface area contributed by atoms with Gasteiger partial charge < -0.3 is 5.73 Å². The predicted octanol–water partition coefficient (Wildman–Crippen LogP) is 3.31. The number of nitrogen functional groups attached to an aromatic ring is 1. The molecule has 0 heterocycles. The smallest absolute Gasteiger partial charge is 0.243 e. The van der Waals surface area contributed by atoms with E-state index < -0.39 is 15.8 Å². The molecule has 2 N–H and O–H groups in total. The second kappa shape index (κ2) is 7.22. The van der Waals surface area contributed by atoms with Crippen molar-refractivity contribution in [3.05, 3.63) is 23.5 Å². The molecule has 1 aromatic rings. The minimum Gasteiger partial charge on any atom is -0.396 e. The molecule has 0 aliphatic rings. The van der Waals surface area contributed by atoms with Crippen molar-refractivity contribution in [1.82, 2.24) is 4.31 Å². The van der Waals surface area contributed by atoms with Gasteiger partial charge in [0, 0.05) is 12.6 Å². The van der Waals surface area contributed by atoms with Crippen molar-refractivity contribution in [1.29, 1.82) is 0 Å².